The molecule has 1 aromatic carbocycles. The Hall–Kier alpha value is -1.00. The molecule has 1 aliphatic rings. The van der Waals surface area contributed by atoms with Crippen molar-refractivity contribution in [2.45, 2.75) is 50.0 Å². The molecule has 1 saturated heterocycles. The molecule has 2 heterocycles. The first-order chi connectivity index (χ1) is 11.8. The third-order valence-corrected chi connectivity index (χ3v) is 5.22. The minimum absolute atomic E-state index is 0.0292. The van der Waals surface area contributed by atoms with Crippen LogP contribution >= 0.6 is 11.8 Å². The lowest BCUT2D eigenvalue weighted by Crippen LogP contribution is -2.27. The summed E-state index contributed by atoms with van der Waals surface area (Å²) in [5, 5.41) is 1.10. The lowest BCUT2D eigenvalue weighted by atomic mass is 9.96. The molecule has 1 aromatic heterocycles. The quantitative estimate of drug-likeness (QED) is 0.785. The first-order valence-corrected chi connectivity index (χ1v) is 8.90. The van der Waals surface area contributed by atoms with Crippen LogP contribution in [0, 0.1) is 0 Å². The summed E-state index contributed by atoms with van der Waals surface area (Å²) in [5.74, 6) is 0.322. The molecule has 1 N–H and O–H groups in total. The van der Waals surface area contributed by atoms with E-state index in [9.17, 15) is 4.39 Å². The maximum Gasteiger partial charge on any atom is 0.139 e. The molecule has 0 amide bonds. The number of rotatable bonds is 5. The van der Waals surface area contributed by atoms with Crippen LogP contribution in [0.1, 0.15) is 48.0 Å². The topological polar surface area (TPSA) is 19.0 Å². The van der Waals surface area contributed by atoms with Crippen LogP contribution in [0.25, 0.3) is 10.9 Å². The van der Waals surface area contributed by atoms with Crippen LogP contribution < -0.4 is 0 Å². The summed E-state index contributed by atoms with van der Waals surface area (Å²) in [7, 11) is 0. The fourth-order valence-electron chi connectivity index (χ4n) is 3.40. The van der Waals surface area contributed by atoms with Crippen LogP contribution in [-0.2, 0) is 6.42 Å². The number of fused-ring (bicyclic) bond motifs is 1. The first-order valence-electron chi connectivity index (χ1n) is 9.41. The van der Waals surface area contributed by atoms with Gasteiger partial charge in [0, 0.05) is 31.6 Å². The van der Waals surface area contributed by atoms with Crippen molar-refractivity contribution in [3.8, 4) is 0 Å². The van der Waals surface area contributed by atoms with Gasteiger partial charge in [-0.1, -0.05) is 25.6 Å². The molecule has 0 spiro atoms. The molecule has 120 valence electrons. The molecule has 4 heteroatoms. The number of thioether (sulfide) groups is 1. The number of nitrogens with one attached hydrogen (secondary N) is 1. The minimum Gasteiger partial charge on any atom is -0.358 e. The molecule has 1 aliphatic heterocycles. The number of benzene rings is 1. The van der Waals surface area contributed by atoms with Crippen LogP contribution in [0.15, 0.2) is 23.1 Å². The van der Waals surface area contributed by atoms with Gasteiger partial charge in [0.2, 0.25) is 0 Å². The monoisotopic (exact) mass is 323 g/mol. The molecule has 3 rings (SSSR count). The first kappa shape index (κ1) is 12.4. The second-order valence-electron chi connectivity index (χ2n) is 6.33. The SMILES string of the molecule is [2H]C([2H])([2H])N1CCC[C@@H]1Cc1c(C(C)C)[nH]c2ccc(SCF)cc12. The number of H-pyrrole nitrogens is 1. The largest absolute Gasteiger partial charge is 0.358 e. The predicted molar refractivity (Wildman–Crippen MR) is 93.6 cm³/mol. The molecule has 1 fully saturated rings. The fraction of sp³-hybridized carbons (Fsp3) is 0.556. The molecule has 0 aliphatic carbocycles. The number of nitrogens with zero attached hydrogens (tertiary/aromatic N) is 1. The Morgan fingerprint density at radius 3 is 3.09 bits per heavy atom. The summed E-state index contributed by atoms with van der Waals surface area (Å²) in [6.07, 6.45) is 2.54. The average molecular weight is 323 g/mol. The zero-order valence-corrected chi connectivity index (χ0v) is 14.0. The standard InChI is InChI=1S/C18H25FN2S/c1-12(2)18-16(9-13-5-4-8-21(13)3)15-10-14(22-11-19)6-7-17(15)20-18/h6-7,10,12-13,20H,4-5,8-9,11H2,1-3H3/t13-/m1/s1/i3D3. The number of alkyl halides is 1. The molecule has 0 radical (unpaired) electrons. The smallest absolute Gasteiger partial charge is 0.139 e. The summed E-state index contributed by atoms with van der Waals surface area (Å²) in [6, 6.07) is 5.55. The highest BCUT2D eigenvalue weighted by Crippen LogP contribution is 2.33. The zero-order chi connectivity index (χ0) is 18.2. The van der Waals surface area contributed by atoms with E-state index in [0.717, 1.165) is 40.8 Å². The Morgan fingerprint density at radius 2 is 2.36 bits per heavy atom. The van der Waals surface area contributed by atoms with E-state index in [2.05, 4.69) is 18.8 Å². The number of hydrogen-bond acceptors (Lipinski definition) is 2. The summed E-state index contributed by atoms with van der Waals surface area (Å²) < 4.78 is 36.1. The van der Waals surface area contributed by atoms with Crippen molar-refractivity contribution in [1.29, 1.82) is 0 Å². The molecule has 1 atom stereocenters. The number of likely N-dealkylation sites (tertiary alicyclic amines) is 1. The maximum absolute atomic E-state index is 12.7. The second kappa shape index (κ2) is 6.63. The number of likely N-dealkylation sites (N-methyl/N-ethyl adjacent to an activating group) is 1. The molecule has 22 heavy (non-hydrogen) atoms. The average Bonchev–Trinajstić information content (AvgIpc) is 3.13. The molecule has 2 aromatic rings. The Bertz CT molecular complexity index is 742. The van der Waals surface area contributed by atoms with Crippen molar-refractivity contribution in [3.05, 3.63) is 29.5 Å². The Kier molecular flexibility index (Phi) is 3.74. The fourth-order valence-corrected chi connectivity index (χ4v) is 3.89. The van der Waals surface area contributed by atoms with Gasteiger partial charge in [-0.2, -0.15) is 0 Å². The molecular weight excluding hydrogens is 295 g/mol. The lowest BCUT2D eigenvalue weighted by Gasteiger charge is -2.20. The van der Waals surface area contributed by atoms with Crippen molar-refractivity contribution < 1.29 is 8.50 Å². The van der Waals surface area contributed by atoms with Crippen molar-refractivity contribution in [2.75, 3.05) is 19.5 Å². The van der Waals surface area contributed by atoms with Gasteiger partial charge in [-0.15, -0.1) is 0 Å². The molecule has 0 saturated carbocycles. The van der Waals surface area contributed by atoms with Gasteiger partial charge in [0.05, 0.1) is 0 Å². The van der Waals surface area contributed by atoms with Crippen LogP contribution in [0.4, 0.5) is 4.39 Å². The van der Waals surface area contributed by atoms with Crippen molar-refractivity contribution in [1.82, 2.24) is 9.88 Å². The Balaban J connectivity index is 2.00. The van der Waals surface area contributed by atoms with E-state index in [1.807, 2.05) is 18.2 Å². The van der Waals surface area contributed by atoms with E-state index in [1.165, 1.54) is 17.3 Å². The second-order valence-corrected chi connectivity index (χ2v) is 7.30. The third kappa shape index (κ3) is 3.04. The minimum atomic E-state index is -2.04. The van der Waals surface area contributed by atoms with Gasteiger partial charge in [0.25, 0.3) is 0 Å². The summed E-state index contributed by atoms with van der Waals surface area (Å²) in [4.78, 5) is 6.07. The van der Waals surface area contributed by atoms with Crippen LogP contribution in [0.5, 0.6) is 0 Å². The summed E-state index contributed by atoms with van der Waals surface area (Å²) in [6.45, 7) is 2.87. The maximum atomic E-state index is 12.7. The highest BCUT2D eigenvalue weighted by molar-refractivity contribution is 7.99. The highest BCUT2D eigenvalue weighted by atomic mass is 32.2. The number of hydrogen-bond donors (Lipinski definition) is 1. The van der Waals surface area contributed by atoms with E-state index in [1.54, 1.807) is 4.90 Å². The van der Waals surface area contributed by atoms with Gasteiger partial charge >= 0.3 is 0 Å². The van der Waals surface area contributed by atoms with E-state index >= 15 is 0 Å². The van der Waals surface area contributed by atoms with Crippen molar-refractivity contribution in [2.24, 2.45) is 0 Å². The summed E-state index contributed by atoms with van der Waals surface area (Å²) >= 11 is 1.18. The Morgan fingerprint density at radius 1 is 1.50 bits per heavy atom. The van der Waals surface area contributed by atoms with Crippen LogP contribution in [0.2, 0.25) is 0 Å². The highest BCUT2D eigenvalue weighted by Gasteiger charge is 2.24. The molecule has 0 bridgehead atoms. The molecule has 2 nitrogen and oxygen atoms in total. The normalized spacial score (nSPS) is 22.2. The van der Waals surface area contributed by atoms with E-state index < -0.39 is 13.0 Å². The predicted octanol–water partition coefficient (Wildman–Crippen LogP) is 4.95. The Labute approximate surface area is 140 Å². The van der Waals surface area contributed by atoms with Gasteiger partial charge < -0.3 is 9.88 Å². The van der Waals surface area contributed by atoms with E-state index in [0.29, 0.717) is 12.5 Å². The van der Waals surface area contributed by atoms with Gasteiger partial charge in [-0.05, 0) is 62.5 Å². The van der Waals surface area contributed by atoms with E-state index in [4.69, 9.17) is 4.11 Å². The third-order valence-electron chi connectivity index (χ3n) is 4.53. The van der Waals surface area contributed by atoms with Gasteiger partial charge in [0.15, 0.2) is 0 Å². The number of aromatic nitrogens is 1. The van der Waals surface area contributed by atoms with Crippen molar-refractivity contribution in [3.63, 3.8) is 0 Å². The van der Waals surface area contributed by atoms with Gasteiger partial charge in [0.1, 0.15) is 6.01 Å². The van der Waals surface area contributed by atoms with Crippen LogP contribution in [-0.4, -0.2) is 35.5 Å². The van der Waals surface area contributed by atoms with Crippen molar-refractivity contribution >= 4 is 22.7 Å². The zero-order valence-electron chi connectivity index (χ0n) is 16.2. The number of halogens is 1. The molecular formula is C18H25FN2S. The van der Waals surface area contributed by atoms with Gasteiger partial charge in [-0.3, -0.25) is 0 Å². The van der Waals surface area contributed by atoms with Gasteiger partial charge in [-0.25, -0.2) is 4.39 Å². The van der Waals surface area contributed by atoms with E-state index in [-0.39, 0.29) is 6.04 Å². The molecule has 0 unspecified atom stereocenters. The van der Waals surface area contributed by atoms with Crippen LogP contribution in [0.3, 0.4) is 0 Å². The number of aromatic amines is 1. The lowest BCUT2D eigenvalue weighted by molar-refractivity contribution is 0.309. The summed E-state index contributed by atoms with van der Waals surface area (Å²) in [5.41, 5.74) is 3.39.